The zero-order valence-corrected chi connectivity index (χ0v) is 9.26. The van der Waals surface area contributed by atoms with Crippen molar-refractivity contribution in [3.63, 3.8) is 0 Å². The first-order chi connectivity index (χ1) is 8.20. The van der Waals surface area contributed by atoms with E-state index in [2.05, 4.69) is 0 Å². The molecule has 1 aromatic carbocycles. The van der Waals surface area contributed by atoms with Gasteiger partial charge in [-0.05, 0) is 30.9 Å². The molecule has 1 fully saturated rings. The molecule has 0 unspecified atom stereocenters. The lowest BCUT2D eigenvalue weighted by atomic mass is 9.86. The first-order valence-electron chi connectivity index (χ1n) is 5.52. The normalized spacial score (nSPS) is 14.8. The highest BCUT2D eigenvalue weighted by Crippen LogP contribution is 2.31. The van der Waals surface area contributed by atoms with E-state index in [1.807, 2.05) is 6.07 Å². The molecule has 1 aliphatic carbocycles. The quantitative estimate of drug-likeness (QED) is 0.590. The van der Waals surface area contributed by atoms with Gasteiger partial charge in [0.2, 0.25) is 0 Å². The van der Waals surface area contributed by atoms with Crippen LogP contribution in [0.1, 0.15) is 24.8 Å². The van der Waals surface area contributed by atoms with Gasteiger partial charge in [-0.2, -0.15) is 5.26 Å². The van der Waals surface area contributed by atoms with Gasteiger partial charge < -0.3 is 4.74 Å². The molecule has 1 aromatic rings. The molecule has 0 atom stereocenters. The summed E-state index contributed by atoms with van der Waals surface area (Å²) in [4.78, 5) is 10.3. The molecule has 1 saturated carbocycles. The number of nitriles is 1. The molecule has 0 amide bonds. The van der Waals surface area contributed by atoms with Crippen LogP contribution in [-0.4, -0.2) is 11.5 Å². The molecule has 0 aliphatic heterocycles. The Balaban J connectivity index is 2.14. The van der Waals surface area contributed by atoms with Gasteiger partial charge in [0.25, 0.3) is 0 Å². The number of ether oxygens (including phenoxy) is 1. The first kappa shape index (κ1) is 11.4. The molecule has 5 heteroatoms. The van der Waals surface area contributed by atoms with Gasteiger partial charge in [-0.25, -0.2) is 0 Å². The molecule has 17 heavy (non-hydrogen) atoms. The molecular weight excluding hydrogens is 220 g/mol. The lowest BCUT2D eigenvalue weighted by Crippen LogP contribution is -2.19. The number of nitrogens with zero attached hydrogens (tertiary/aromatic N) is 2. The van der Waals surface area contributed by atoms with Crippen molar-refractivity contribution in [2.24, 2.45) is 5.92 Å². The standard InChI is InChI=1S/C12H12N2O3/c13-7-10-4-5-12(11(6-10)14(15)16)17-8-9-2-1-3-9/h4-6,9H,1-3,8H2. The summed E-state index contributed by atoms with van der Waals surface area (Å²) < 4.78 is 5.45. The van der Waals surface area contributed by atoms with Crippen LogP contribution in [0.2, 0.25) is 0 Å². The van der Waals surface area contributed by atoms with E-state index in [0.717, 1.165) is 12.8 Å². The van der Waals surface area contributed by atoms with E-state index >= 15 is 0 Å². The zero-order valence-electron chi connectivity index (χ0n) is 9.26. The van der Waals surface area contributed by atoms with E-state index in [0.29, 0.717) is 12.5 Å². The summed E-state index contributed by atoms with van der Waals surface area (Å²) in [5.41, 5.74) is 0.135. The van der Waals surface area contributed by atoms with E-state index in [4.69, 9.17) is 10.00 Å². The zero-order chi connectivity index (χ0) is 12.3. The minimum Gasteiger partial charge on any atom is -0.487 e. The molecule has 0 aromatic heterocycles. The predicted octanol–water partition coefficient (Wildman–Crippen LogP) is 2.65. The third-order valence-electron chi connectivity index (χ3n) is 2.98. The van der Waals surface area contributed by atoms with Crippen LogP contribution in [0.25, 0.3) is 0 Å². The second-order valence-corrected chi connectivity index (χ2v) is 4.16. The Hall–Kier alpha value is -2.09. The van der Waals surface area contributed by atoms with Gasteiger partial charge in [0, 0.05) is 6.07 Å². The van der Waals surface area contributed by atoms with Crippen LogP contribution in [0, 0.1) is 27.4 Å². The summed E-state index contributed by atoms with van der Waals surface area (Å²) >= 11 is 0. The van der Waals surface area contributed by atoms with Gasteiger partial charge in [-0.15, -0.1) is 0 Å². The third kappa shape index (κ3) is 2.53. The summed E-state index contributed by atoms with van der Waals surface area (Å²) in [5.74, 6) is 0.770. The Labute approximate surface area is 98.8 Å². The average Bonchev–Trinajstić information content (AvgIpc) is 2.27. The third-order valence-corrected chi connectivity index (χ3v) is 2.98. The Morgan fingerprint density at radius 2 is 2.29 bits per heavy atom. The van der Waals surface area contributed by atoms with E-state index in [1.54, 1.807) is 0 Å². The van der Waals surface area contributed by atoms with Gasteiger partial charge in [0.05, 0.1) is 23.2 Å². The molecular formula is C12H12N2O3. The van der Waals surface area contributed by atoms with Crippen LogP contribution >= 0.6 is 0 Å². The summed E-state index contributed by atoms with van der Waals surface area (Å²) in [6.45, 7) is 0.521. The van der Waals surface area contributed by atoms with Crippen LogP contribution in [0.15, 0.2) is 18.2 Å². The van der Waals surface area contributed by atoms with Crippen molar-refractivity contribution in [3.05, 3.63) is 33.9 Å². The SMILES string of the molecule is N#Cc1ccc(OCC2CCC2)c([N+](=O)[O-])c1. The minimum atomic E-state index is -0.517. The number of nitro benzene ring substituents is 1. The molecule has 2 rings (SSSR count). The number of benzene rings is 1. The Bertz CT molecular complexity index is 475. The van der Waals surface area contributed by atoms with E-state index in [-0.39, 0.29) is 17.0 Å². The second-order valence-electron chi connectivity index (χ2n) is 4.16. The lowest BCUT2D eigenvalue weighted by molar-refractivity contribution is -0.385. The van der Waals surface area contributed by atoms with Crippen molar-refractivity contribution in [2.75, 3.05) is 6.61 Å². The molecule has 0 radical (unpaired) electrons. The molecule has 0 N–H and O–H groups in total. The van der Waals surface area contributed by atoms with Crippen LogP contribution in [0.5, 0.6) is 5.75 Å². The van der Waals surface area contributed by atoms with Gasteiger partial charge in [-0.1, -0.05) is 6.42 Å². The molecule has 1 aliphatic rings. The molecule has 88 valence electrons. The van der Waals surface area contributed by atoms with Crippen LogP contribution in [-0.2, 0) is 0 Å². The highest BCUT2D eigenvalue weighted by atomic mass is 16.6. The number of nitro groups is 1. The molecule has 0 heterocycles. The maximum atomic E-state index is 10.8. The van der Waals surface area contributed by atoms with Crippen molar-refractivity contribution in [1.29, 1.82) is 5.26 Å². The van der Waals surface area contributed by atoms with E-state index in [9.17, 15) is 10.1 Å². The second kappa shape index (κ2) is 4.83. The van der Waals surface area contributed by atoms with E-state index < -0.39 is 4.92 Å². The van der Waals surface area contributed by atoms with Gasteiger partial charge >= 0.3 is 5.69 Å². The Morgan fingerprint density at radius 3 is 2.82 bits per heavy atom. The summed E-state index contributed by atoms with van der Waals surface area (Å²) in [6, 6.07) is 6.15. The van der Waals surface area contributed by atoms with Crippen molar-refractivity contribution in [2.45, 2.75) is 19.3 Å². The topological polar surface area (TPSA) is 76.2 Å². The largest absolute Gasteiger partial charge is 0.487 e. The Kier molecular flexibility index (Phi) is 3.24. The van der Waals surface area contributed by atoms with Gasteiger partial charge in [0.15, 0.2) is 5.75 Å². The molecule has 0 spiro atoms. The Morgan fingerprint density at radius 1 is 1.53 bits per heavy atom. The van der Waals surface area contributed by atoms with Crippen molar-refractivity contribution in [3.8, 4) is 11.8 Å². The maximum Gasteiger partial charge on any atom is 0.312 e. The highest BCUT2D eigenvalue weighted by molar-refractivity contribution is 5.51. The molecule has 0 saturated heterocycles. The maximum absolute atomic E-state index is 10.8. The highest BCUT2D eigenvalue weighted by Gasteiger charge is 2.21. The number of hydrogen-bond donors (Lipinski definition) is 0. The minimum absolute atomic E-state index is 0.136. The van der Waals surface area contributed by atoms with Gasteiger partial charge in [0.1, 0.15) is 0 Å². The van der Waals surface area contributed by atoms with Crippen molar-refractivity contribution < 1.29 is 9.66 Å². The summed E-state index contributed by atoms with van der Waals surface area (Å²) in [6.07, 6.45) is 3.47. The summed E-state index contributed by atoms with van der Waals surface area (Å²) in [7, 11) is 0. The predicted molar refractivity (Wildman–Crippen MR) is 60.6 cm³/mol. The van der Waals surface area contributed by atoms with Crippen LogP contribution in [0.3, 0.4) is 0 Å². The molecule has 5 nitrogen and oxygen atoms in total. The lowest BCUT2D eigenvalue weighted by Gasteiger charge is -2.24. The van der Waals surface area contributed by atoms with Crippen molar-refractivity contribution in [1.82, 2.24) is 0 Å². The smallest absolute Gasteiger partial charge is 0.312 e. The molecule has 0 bridgehead atoms. The number of hydrogen-bond acceptors (Lipinski definition) is 4. The number of rotatable bonds is 4. The fourth-order valence-corrected chi connectivity index (χ4v) is 1.72. The fraction of sp³-hybridized carbons (Fsp3) is 0.417. The summed E-state index contributed by atoms with van der Waals surface area (Å²) in [5, 5.41) is 19.5. The van der Waals surface area contributed by atoms with Crippen molar-refractivity contribution >= 4 is 5.69 Å². The fourth-order valence-electron chi connectivity index (χ4n) is 1.72. The monoisotopic (exact) mass is 232 g/mol. The van der Waals surface area contributed by atoms with E-state index in [1.165, 1.54) is 24.6 Å². The van der Waals surface area contributed by atoms with Crippen LogP contribution in [0.4, 0.5) is 5.69 Å². The van der Waals surface area contributed by atoms with Gasteiger partial charge in [-0.3, -0.25) is 10.1 Å². The first-order valence-corrected chi connectivity index (χ1v) is 5.52. The van der Waals surface area contributed by atoms with Crippen LogP contribution < -0.4 is 4.74 Å². The average molecular weight is 232 g/mol.